The Morgan fingerprint density at radius 2 is 1.90 bits per heavy atom. The van der Waals surface area contributed by atoms with Gasteiger partial charge in [-0.15, -0.1) is 5.10 Å². The molecule has 0 unspecified atom stereocenters. The SMILES string of the molecule is Cc1cccc(C)c1-n1nnnc1SCC(=O)N[C@@H]1CCN(Cc2ccccc2)C1. The Kier molecular flexibility index (Phi) is 6.44. The van der Waals surface area contributed by atoms with Gasteiger partial charge in [-0.25, -0.2) is 0 Å². The van der Waals surface area contributed by atoms with E-state index < -0.39 is 0 Å². The minimum Gasteiger partial charge on any atom is -0.351 e. The molecule has 1 atom stereocenters. The van der Waals surface area contributed by atoms with Crippen molar-refractivity contribution in [1.29, 1.82) is 0 Å². The zero-order chi connectivity index (χ0) is 20.9. The first-order valence-corrected chi connectivity index (χ1v) is 11.1. The minimum atomic E-state index is 0.0163. The second-order valence-corrected chi connectivity index (χ2v) is 8.62. The summed E-state index contributed by atoms with van der Waals surface area (Å²) in [6.07, 6.45) is 0.976. The number of amides is 1. The second-order valence-electron chi connectivity index (χ2n) is 7.68. The van der Waals surface area contributed by atoms with Crippen LogP contribution in [0.3, 0.4) is 0 Å². The first kappa shape index (κ1) is 20.6. The van der Waals surface area contributed by atoms with Crippen LogP contribution in [-0.2, 0) is 11.3 Å². The van der Waals surface area contributed by atoms with Crippen molar-refractivity contribution < 1.29 is 4.79 Å². The summed E-state index contributed by atoms with van der Waals surface area (Å²) in [5.41, 5.74) is 4.47. The zero-order valence-electron chi connectivity index (χ0n) is 17.3. The quantitative estimate of drug-likeness (QED) is 0.590. The molecule has 1 N–H and O–H groups in total. The van der Waals surface area contributed by atoms with Crippen LogP contribution in [0.25, 0.3) is 5.69 Å². The molecule has 156 valence electrons. The number of likely N-dealkylation sites (tertiary alicyclic amines) is 1. The van der Waals surface area contributed by atoms with Gasteiger partial charge in [0.15, 0.2) is 0 Å². The van der Waals surface area contributed by atoms with Crippen LogP contribution >= 0.6 is 11.8 Å². The van der Waals surface area contributed by atoms with E-state index in [1.54, 1.807) is 4.68 Å². The average Bonchev–Trinajstić information content (AvgIpc) is 3.37. The monoisotopic (exact) mass is 422 g/mol. The van der Waals surface area contributed by atoms with E-state index in [0.29, 0.717) is 10.9 Å². The van der Waals surface area contributed by atoms with Crippen molar-refractivity contribution in [2.45, 2.75) is 38.0 Å². The molecule has 3 aromatic rings. The van der Waals surface area contributed by atoms with E-state index in [4.69, 9.17) is 0 Å². The van der Waals surface area contributed by atoms with Crippen LogP contribution in [0.4, 0.5) is 0 Å². The number of para-hydroxylation sites is 1. The molecule has 1 saturated heterocycles. The molecule has 0 aliphatic carbocycles. The van der Waals surface area contributed by atoms with Crippen LogP contribution < -0.4 is 5.32 Å². The predicted octanol–water partition coefficient (Wildman–Crippen LogP) is 2.76. The standard InChI is InChI=1S/C22H26N6OS/c1-16-7-6-8-17(2)21(16)28-22(24-25-26-28)30-15-20(29)23-19-11-12-27(14-19)13-18-9-4-3-5-10-18/h3-10,19H,11-15H2,1-2H3,(H,23,29)/t19-/m1/s1. The third kappa shape index (κ3) is 4.88. The number of carbonyl (C=O) groups excluding carboxylic acids is 1. The van der Waals surface area contributed by atoms with E-state index in [0.717, 1.165) is 42.9 Å². The van der Waals surface area contributed by atoms with Gasteiger partial charge in [-0.3, -0.25) is 9.69 Å². The van der Waals surface area contributed by atoms with Gasteiger partial charge in [-0.05, 0) is 47.4 Å². The predicted molar refractivity (Wildman–Crippen MR) is 118 cm³/mol. The third-order valence-corrected chi connectivity index (χ3v) is 6.23. The maximum Gasteiger partial charge on any atom is 0.230 e. The largest absolute Gasteiger partial charge is 0.351 e. The lowest BCUT2D eigenvalue weighted by atomic mass is 10.1. The summed E-state index contributed by atoms with van der Waals surface area (Å²) in [5.74, 6) is 0.308. The maximum atomic E-state index is 12.5. The Bertz CT molecular complexity index is 986. The Balaban J connectivity index is 1.30. The van der Waals surface area contributed by atoms with Crippen LogP contribution in [0, 0.1) is 13.8 Å². The highest BCUT2D eigenvalue weighted by Gasteiger charge is 2.24. The zero-order valence-corrected chi connectivity index (χ0v) is 18.1. The lowest BCUT2D eigenvalue weighted by Gasteiger charge is -2.16. The molecule has 0 bridgehead atoms. The van der Waals surface area contributed by atoms with Crippen LogP contribution in [0.15, 0.2) is 53.7 Å². The second kappa shape index (κ2) is 9.40. The van der Waals surface area contributed by atoms with Gasteiger partial charge in [-0.1, -0.05) is 60.3 Å². The maximum absolute atomic E-state index is 12.5. The number of aromatic nitrogens is 4. The molecule has 1 amide bonds. The van der Waals surface area contributed by atoms with Crippen molar-refractivity contribution in [1.82, 2.24) is 30.4 Å². The smallest absolute Gasteiger partial charge is 0.230 e. The molecule has 0 saturated carbocycles. The van der Waals surface area contributed by atoms with Gasteiger partial charge in [0.25, 0.3) is 0 Å². The van der Waals surface area contributed by atoms with Crippen molar-refractivity contribution in [2.24, 2.45) is 0 Å². The molecule has 4 rings (SSSR count). The van der Waals surface area contributed by atoms with Gasteiger partial charge < -0.3 is 5.32 Å². The van der Waals surface area contributed by atoms with E-state index in [2.05, 4.69) is 50.0 Å². The number of aryl methyl sites for hydroxylation is 2. The summed E-state index contributed by atoms with van der Waals surface area (Å²) in [7, 11) is 0. The Morgan fingerprint density at radius 1 is 1.13 bits per heavy atom. The van der Waals surface area contributed by atoms with Gasteiger partial charge in [0.05, 0.1) is 11.4 Å². The number of hydrogen-bond donors (Lipinski definition) is 1. The number of hydrogen-bond acceptors (Lipinski definition) is 6. The molecule has 2 aromatic carbocycles. The van der Waals surface area contributed by atoms with Gasteiger partial charge in [0.2, 0.25) is 11.1 Å². The number of carbonyl (C=O) groups is 1. The third-order valence-electron chi connectivity index (χ3n) is 5.31. The summed E-state index contributed by atoms with van der Waals surface area (Å²) < 4.78 is 1.72. The number of tetrazole rings is 1. The van der Waals surface area contributed by atoms with Crippen molar-refractivity contribution in [2.75, 3.05) is 18.8 Å². The van der Waals surface area contributed by atoms with Crippen molar-refractivity contribution in [3.63, 3.8) is 0 Å². The fourth-order valence-corrected chi connectivity index (χ4v) is 4.57. The molecular weight excluding hydrogens is 396 g/mol. The van der Waals surface area contributed by atoms with Crippen molar-refractivity contribution >= 4 is 17.7 Å². The van der Waals surface area contributed by atoms with Crippen LogP contribution in [0.1, 0.15) is 23.1 Å². The fourth-order valence-electron chi connectivity index (χ4n) is 3.88. The van der Waals surface area contributed by atoms with Crippen LogP contribution in [-0.4, -0.2) is 55.9 Å². The Morgan fingerprint density at radius 3 is 2.67 bits per heavy atom. The molecule has 30 heavy (non-hydrogen) atoms. The molecular formula is C22H26N6OS. The number of thioether (sulfide) groups is 1. The summed E-state index contributed by atoms with van der Waals surface area (Å²) in [6, 6.07) is 16.7. The van der Waals surface area contributed by atoms with Crippen LogP contribution in [0.2, 0.25) is 0 Å². The number of benzene rings is 2. The normalized spacial score (nSPS) is 16.7. The van der Waals surface area contributed by atoms with E-state index in [1.807, 2.05) is 38.1 Å². The molecule has 8 heteroatoms. The first-order valence-electron chi connectivity index (χ1n) is 10.1. The van der Waals surface area contributed by atoms with Gasteiger partial charge in [-0.2, -0.15) is 4.68 Å². The topological polar surface area (TPSA) is 75.9 Å². The molecule has 2 heterocycles. The molecule has 1 aliphatic rings. The lowest BCUT2D eigenvalue weighted by Crippen LogP contribution is -2.38. The van der Waals surface area contributed by atoms with E-state index >= 15 is 0 Å². The highest BCUT2D eigenvalue weighted by molar-refractivity contribution is 7.99. The molecule has 0 spiro atoms. The number of rotatable bonds is 7. The van der Waals surface area contributed by atoms with Gasteiger partial charge >= 0.3 is 0 Å². The molecule has 1 aromatic heterocycles. The summed E-state index contributed by atoms with van der Waals surface area (Å²) in [4.78, 5) is 14.9. The molecule has 1 fully saturated rings. The van der Waals surface area contributed by atoms with Crippen molar-refractivity contribution in [3.8, 4) is 5.69 Å². The summed E-state index contributed by atoms with van der Waals surface area (Å²) >= 11 is 1.36. The van der Waals surface area contributed by atoms with Gasteiger partial charge in [0, 0.05) is 25.7 Å². The van der Waals surface area contributed by atoms with Crippen LogP contribution in [0.5, 0.6) is 0 Å². The van der Waals surface area contributed by atoms with E-state index in [-0.39, 0.29) is 11.9 Å². The Hall–Kier alpha value is -2.71. The summed E-state index contributed by atoms with van der Waals surface area (Å²) in [5, 5.41) is 15.8. The Labute approximate surface area is 180 Å². The fraction of sp³-hybridized carbons (Fsp3) is 0.364. The highest BCUT2D eigenvalue weighted by atomic mass is 32.2. The average molecular weight is 423 g/mol. The highest BCUT2D eigenvalue weighted by Crippen LogP contribution is 2.23. The van der Waals surface area contributed by atoms with Gasteiger partial charge in [0.1, 0.15) is 0 Å². The number of nitrogens with one attached hydrogen (secondary N) is 1. The molecule has 7 nitrogen and oxygen atoms in total. The molecule has 1 aliphatic heterocycles. The van der Waals surface area contributed by atoms with E-state index in [9.17, 15) is 4.79 Å². The summed E-state index contributed by atoms with van der Waals surface area (Å²) in [6.45, 7) is 6.87. The lowest BCUT2D eigenvalue weighted by molar-refractivity contribution is -0.119. The van der Waals surface area contributed by atoms with E-state index in [1.165, 1.54) is 17.3 Å². The molecule has 0 radical (unpaired) electrons. The number of nitrogens with zero attached hydrogens (tertiary/aromatic N) is 5. The van der Waals surface area contributed by atoms with Crippen molar-refractivity contribution in [3.05, 3.63) is 65.2 Å². The first-order chi connectivity index (χ1) is 14.6. The minimum absolute atomic E-state index is 0.0163.